The number of hydrogen-bond acceptors (Lipinski definition) is 4. The Morgan fingerprint density at radius 1 is 0.690 bits per heavy atom. The van der Waals surface area contributed by atoms with Crippen molar-refractivity contribution in [2.75, 3.05) is 25.1 Å². The summed E-state index contributed by atoms with van der Waals surface area (Å²) in [4.78, 5) is 0. The van der Waals surface area contributed by atoms with Gasteiger partial charge in [-0.1, -0.05) is 50.2 Å². The van der Waals surface area contributed by atoms with Crippen molar-refractivity contribution in [1.29, 1.82) is 0 Å². The van der Waals surface area contributed by atoms with Crippen LogP contribution in [-0.2, 0) is 6.54 Å². The van der Waals surface area contributed by atoms with Gasteiger partial charge < -0.3 is 19.5 Å². The zero-order chi connectivity index (χ0) is 20.3. The smallest absolute Gasteiger partial charge is 0.124 e. The Balaban J connectivity index is 1.43. The van der Waals surface area contributed by atoms with Crippen LogP contribution in [0.3, 0.4) is 0 Å². The van der Waals surface area contributed by atoms with Crippen molar-refractivity contribution in [2.24, 2.45) is 5.92 Å². The van der Waals surface area contributed by atoms with Gasteiger partial charge in [0.05, 0.1) is 6.61 Å². The number of nitrogens with one attached hydrogen (secondary N) is 1. The lowest BCUT2D eigenvalue weighted by Crippen LogP contribution is -2.09. The maximum atomic E-state index is 5.92. The van der Waals surface area contributed by atoms with Crippen molar-refractivity contribution in [3.63, 3.8) is 0 Å². The summed E-state index contributed by atoms with van der Waals surface area (Å²) in [5.74, 6) is 3.12. The van der Waals surface area contributed by atoms with Crippen LogP contribution in [0.2, 0.25) is 0 Å². The summed E-state index contributed by atoms with van der Waals surface area (Å²) in [5.41, 5.74) is 2.18. The van der Waals surface area contributed by atoms with E-state index in [-0.39, 0.29) is 0 Å². The second kappa shape index (κ2) is 11.0. The van der Waals surface area contributed by atoms with Crippen LogP contribution in [0, 0.1) is 5.92 Å². The van der Waals surface area contributed by atoms with E-state index in [4.69, 9.17) is 14.2 Å². The highest BCUT2D eigenvalue weighted by Crippen LogP contribution is 2.21. The maximum Gasteiger partial charge on any atom is 0.124 e. The lowest BCUT2D eigenvalue weighted by molar-refractivity contribution is 0.217. The van der Waals surface area contributed by atoms with E-state index in [1.165, 1.54) is 0 Å². The highest BCUT2D eigenvalue weighted by molar-refractivity contribution is 5.48. The fourth-order valence-corrected chi connectivity index (χ4v) is 2.75. The number of para-hydroxylation sites is 2. The second-order valence-corrected chi connectivity index (χ2v) is 7.20. The molecule has 0 aromatic heterocycles. The molecule has 3 rings (SSSR count). The molecule has 4 heteroatoms. The van der Waals surface area contributed by atoms with Gasteiger partial charge in [0.25, 0.3) is 0 Å². The zero-order valence-corrected chi connectivity index (χ0v) is 17.1. The van der Waals surface area contributed by atoms with Crippen LogP contribution in [0.5, 0.6) is 17.2 Å². The second-order valence-electron chi connectivity index (χ2n) is 7.20. The predicted octanol–water partition coefficient (Wildman–Crippen LogP) is 5.79. The van der Waals surface area contributed by atoms with E-state index < -0.39 is 0 Å². The van der Waals surface area contributed by atoms with E-state index in [1.54, 1.807) is 0 Å². The topological polar surface area (TPSA) is 39.7 Å². The molecule has 152 valence electrons. The normalized spacial score (nSPS) is 10.6. The molecule has 0 spiro atoms. The van der Waals surface area contributed by atoms with E-state index in [1.807, 2.05) is 72.8 Å². The number of benzene rings is 3. The van der Waals surface area contributed by atoms with Gasteiger partial charge >= 0.3 is 0 Å². The summed E-state index contributed by atoms with van der Waals surface area (Å²) in [6, 6.07) is 25.9. The molecule has 0 atom stereocenters. The molecule has 0 aliphatic carbocycles. The fraction of sp³-hybridized carbons (Fsp3) is 0.280. The molecule has 0 saturated carbocycles. The summed E-state index contributed by atoms with van der Waals surface area (Å²) in [5, 5.41) is 3.44. The molecule has 4 nitrogen and oxygen atoms in total. The molecule has 0 aliphatic heterocycles. The van der Waals surface area contributed by atoms with Gasteiger partial charge in [-0.25, -0.2) is 0 Å². The van der Waals surface area contributed by atoms with Crippen LogP contribution in [0.25, 0.3) is 0 Å². The number of rotatable bonds is 11. The molecule has 0 radical (unpaired) electrons. The molecule has 0 unspecified atom stereocenters. The molecule has 0 heterocycles. The standard InChI is InChI=1S/C25H29NO3/c1-20(2)19-29-25-11-7-6-8-21(25)18-26-22-12-14-24(15-13-22)28-17-16-27-23-9-4-3-5-10-23/h3-15,20,26H,16-19H2,1-2H3. The van der Waals surface area contributed by atoms with E-state index >= 15 is 0 Å². The van der Waals surface area contributed by atoms with Crippen LogP contribution in [0.15, 0.2) is 78.9 Å². The first-order chi connectivity index (χ1) is 14.2. The van der Waals surface area contributed by atoms with Gasteiger partial charge in [-0.3, -0.25) is 0 Å². The quantitative estimate of drug-likeness (QED) is 0.420. The summed E-state index contributed by atoms with van der Waals surface area (Å²) in [6.07, 6.45) is 0. The van der Waals surface area contributed by atoms with Gasteiger partial charge in [0.15, 0.2) is 0 Å². The molecular formula is C25H29NO3. The Labute approximate surface area is 173 Å². The van der Waals surface area contributed by atoms with Gasteiger partial charge in [0.2, 0.25) is 0 Å². The fourth-order valence-electron chi connectivity index (χ4n) is 2.75. The van der Waals surface area contributed by atoms with Gasteiger partial charge in [-0.15, -0.1) is 0 Å². The van der Waals surface area contributed by atoms with Crippen LogP contribution in [-0.4, -0.2) is 19.8 Å². The van der Waals surface area contributed by atoms with Gasteiger partial charge in [-0.2, -0.15) is 0 Å². The first-order valence-corrected chi connectivity index (χ1v) is 10.1. The summed E-state index contributed by atoms with van der Waals surface area (Å²) in [6.45, 7) is 6.74. The molecule has 3 aromatic rings. The van der Waals surface area contributed by atoms with E-state index in [2.05, 4.69) is 25.2 Å². The Hall–Kier alpha value is -3.14. The van der Waals surface area contributed by atoms with Crippen LogP contribution < -0.4 is 19.5 Å². The third-order valence-electron chi connectivity index (χ3n) is 4.25. The Kier molecular flexibility index (Phi) is 7.81. The predicted molar refractivity (Wildman–Crippen MR) is 118 cm³/mol. The van der Waals surface area contributed by atoms with Gasteiger partial charge in [-0.05, 0) is 48.4 Å². The van der Waals surface area contributed by atoms with Crippen molar-refractivity contribution in [3.05, 3.63) is 84.4 Å². The van der Waals surface area contributed by atoms with E-state index in [0.29, 0.717) is 25.7 Å². The minimum Gasteiger partial charge on any atom is -0.493 e. The summed E-state index contributed by atoms with van der Waals surface area (Å²) in [7, 11) is 0. The molecule has 3 aromatic carbocycles. The average Bonchev–Trinajstić information content (AvgIpc) is 2.76. The minimum atomic E-state index is 0.502. The Morgan fingerprint density at radius 3 is 2.00 bits per heavy atom. The summed E-state index contributed by atoms with van der Waals surface area (Å²) >= 11 is 0. The lowest BCUT2D eigenvalue weighted by atomic mass is 10.2. The number of hydrogen-bond donors (Lipinski definition) is 1. The number of ether oxygens (including phenoxy) is 3. The molecule has 29 heavy (non-hydrogen) atoms. The van der Waals surface area contributed by atoms with Gasteiger partial charge in [0.1, 0.15) is 30.5 Å². The molecule has 1 N–H and O–H groups in total. The minimum absolute atomic E-state index is 0.502. The average molecular weight is 392 g/mol. The largest absolute Gasteiger partial charge is 0.493 e. The molecule has 0 amide bonds. The highest BCUT2D eigenvalue weighted by Gasteiger charge is 2.04. The third kappa shape index (κ3) is 7.07. The van der Waals surface area contributed by atoms with Crippen LogP contribution >= 0.6 is 0 Å². The van der Waals surface area contributed by atoms with Gasteiger partial charge in [0, 0.05) is 17.8 Å². The Bertz CT molecular complexity index is 847. The first-order valence-electron chi connectivity index (χ1n) is 10.1. The van der Waals surface area contributed by atoms with Crippen molar-refractivity contribution in [1.82, 2.24) is 0 Å². The molecule has 0 aliphatic rings. The van der Waals surface area contributed by atoms with Crippen LogP contribution in [0.1, 0.15) is 19.4 Å². The van der Waals surface area contributed by atoms with Crippen molar-refractivity contribution >= 4 is 5.69 Å². The van der Waals surface area contributed by atoms with Crippen molar-refractivity contribution < 1.29 is 14.2 Å². The number of anilines is 1. The SMILES string of the molecule is CC(C)COc1ccccc1CNc1ccc(OCCOc2ccccc2)cc1. The molecule has 0 bridgehead atoms. The Morgan fingerprint density at radius 2 is 1.31 bits per heavy atom. The highest BCUT2D eigenvalue weighted by atomic mass is 16.5. The molecule has 0 fully saturated rings. The van der Waals surface area contributed by atoms with Crippen molar-refractivity contribution in [3.8, 4) is 17.2 Å². The molecule has 0 saturated heterocycles. The van der Waals surface area contributed by atoms with E-state index in [0.717, 1.165) is 35.1 Å². The van der Waals surface area contributed by atoms with Crippen LogP contribution in [0.4, 0.5) is 5.69 Å². The lowest BCUT2D eigenvalue weighted by Gasteiger charge is -2.14. The molecular weight excluding hydrogens is 362 g/mol. The van der Waals surface area contributed by atoms with Crippen molar-refractivity contribution in [2.45, 2.75) is 20.4 Å². The zero-order valence-electron chi connectivity index (χ0n) is 17.1. The summed E-state index contributed by atoms with van der Waals surface area (Å²) < 4.78 is 17.3. The third-order valence-corrected chi connectivity index (χ3v) is 4.25. The first kappa shape index (κ1) is 20.6. The van der Waals surface area contributed by atoms with E-state index in [9.17, 15) is 0 Å². The monoisotopic (exact) mass is 391 g/mol. The maximum absolute atomic E-state index is 5.92.